The Hall–Kier alpha value is -2.52. The molecule has 8 nitrogen and oxygen atoms in total. The summed E-state index contributed by atoms with van der Waals surface area (Å²) in [4.78, 5) is 17.2. The predicted octanol–water partition coefficient (Wildman–Crippen LogP) is 3.25. The number of hydrogen-bond donors (Lipinski definition) is 1. The number of aryl methyl sites for hydroxylation is 1. The molecule has 9 heteroatoms. The summed E-state index contributed by atoms with van der Waals surface area (Å²) in [5.74, 6) is 0.523. The van der Waals surface area contributed by atoms with Gasteiger partial charge >= 0.3 is 0 Å². The van der Waals surface area contributed by atoms with Crippen LogP contribution in [0.1, 0.15) is 39.3 Å². The first-order chi connectivity index (χ1) is 14.8. The zero-order valence-electron chi connectivity index (χ0n) is 18.6. The van der Waals surface area contributed by atoms with Gasteiger partial charge < -0.3 is 10.1 Å². The zero-order valence-corrected chi connectivity index (χ0v) is 19.4. The van der Waals surface area contributed by atoms with E-state index in [2.05, 4.69) is 36.3 Å². The summed E-state index contributed by atoms with van der Waals surface area (Å²) in [6, 6.07) is 0. The molecule has 1 N–H and O–H groups in total. The van der Waals surface area contributed by atoms with Gasteiger partial charge in [0.05, 0.1) is 41.3 Å². The minimum atomic E-state index is -0.187. The quantitative estimate of drug-likeness (QED) is 0.633. The third-order valence-electron chi connectivity index (χ3n) is 5.44. The number of amides is 1. The van der Waals surface area contributed by atoms with Crippen LogP contribution in [0.4, 0.5) is 0 Å². The van der Waals surface area contributed by atoms with E-state index in [0.717, 1.165) is 53.6 Å². The Kier molecular flexibility index (Phi) is 6.24. The molecule has 1 fully saturated rings. The fourth-order valence-electron chi connectivity index (χ4n) is 3.78. The van der Waals surface area contributed by atoms with Crippen molar-refractivity contribution in [2.75, 3.05) is 19.8 Å². The third-order valence-corrected chi connectivity index (χ3v) is 6.36. The Morgan fingerprint density at radius 3 is 2.71 bits per heavy atom. The maximum Gasteiger partial charge on any atom is 0.226 e. The van der Waals surface area contributed by atoms with E-state index < -0.39 is 0 Å². The molecule has 0 aliphatic carbocycles. The van der Waals surface area contributed by atoms with Crippen LogP contribution in [0.2, 0.25) is 0 Å². The second kappa shape index (κ2) is 8.92. The van der Waals surface area contributed by atoms with Gasteiger partial charge in [0.2, 0.25) is 5.91 Å². The highest BCUT2D eigenvalue weighted by atomic mass is 32.1. The number of hydrogen-bond acceptors (Lipinski definition) is 6. The molecule has 0 atom stereocenters. The van der Waals surface area contributed by atoms with Crippen LogP contribution in [0.15, 0.2) is 24.0 Å². The molecule has 4 rings (SSSR count). The molecule has 3 aromatic heterocycles. The van der Waals surface area contributed by atoms with Crippen LogP contribution in [0.25, 0.3) is 21.8 Å². The van der Waals surface area contributed by atoms with Gasteiger partial charge in [0.15, 0.2) is 0 Å². The molecule has 0 saturated carbocycles. The van der Waals surface area contributed by atoms with Crippen LogP contribution in [-0.2, 0) is 28.5 Å². The standard InChI is InChI=1S/C22H30N6O2S/c1-22(2,3)28-20(16-11-24-27(4)13-16)18(12-25-28)21-26-17(14-31-21)9-19(29)23-10-15-5-7-30-8-6-15/h11-15H,5-10H2,1-4H3,(H,23,29). The van der Waals surface area contributed by atoms with E-state index in [-0.39, 0.29) is 17.9 Å². The van der Waals surface area contributed by atoms with Gasteiger partial charge in [-0.15, -0.1) is 11.3 Å². The fraction of sp³-hybridized carbons (Fsp3) is 0.545. The van der Waals surface area contributed by atoms with E-state index in [1.165, 1.54) is 0 Å². The summed E-state index contributed by atoms with van der Waals surface area (Å²) < 4.78 is 9.18. The van der Waals surface area contributed by atoms with E-state index in [1.807, 2.05) is 35.7 Å². The zero-order chi connectivity index (χ0) is 22.0. The highest BCUT2D eigenvalue weighted by Gasteiger charge is 2.25. The number of aromatic nitrogens is 5. The summed E-state index contributed by atoms with van der Waals surface area (Å²) in [6.07, 6.45) is 8.00. The van der Waals surface area contributed by atoms with Crippen LogP contribution in [0.5, 0.6) is 0 Å². The lowest BCUT2D eigenvalue weighted by Crippen LogP contribution is -2.33. The highest BCUT2D eigenvalue weighted by molar-refractivity contribution is 7.13. The van der Waals surface area contributed by atoms with E-state index >= 15 is 0 Å². The van der Waals surface area contributed by atoms with Gasteiger partial charge in [-0.25, -0.2) is 4.98 Å². The first-order valence-electron chi connectivity index (χ1n) is 10.7. The normalized spacial score (nSPS) is 15.4. The molecule has 1 amide bonds. The Balaban J connectivity index is 1.51. The topological polar surface area (TPSA) is 86.9 Å². The number of thiazole rings is 1. The Labute approximate surface area is 186 Å². The number of carbonyl (C=O) groups is 1. The molecule has 1 saturated heterocycles. The van der Waals surface area contributed by atoms with Gasteiger partial charge in [-0.05, 0) is 39.5 Å². The lowest BCUT2D eigenvalue weighted by atomic mass is 10.0. The molecule has 31 heavy (non-hydrogen) atoms. The minimum absolute atomic E-state index is 0.0150. The van der Waals surface area contributed by atoms with Crippen LogP contribution in [0, 0.1) is 5.92 Å². The van der Waals surface area contributed by atoms with Crippen molar-refractivity contribution in [3.8, 4) is 21.8 Å². The summed E-state index contributed by atoms with van der Waals surface area (Å²) in [6.45, 7) is 8.66. The molecule has 0 bridgehead atoms. The number of ether oxygens (including phenoxy) is 1. The molecule has 0 spiro atoms. The van der Waals surface area contributed by atoms with Gasteiger partial charge in [-0.1, -0.05) is 0 Å². The van der Waals surface area contributed by atoms with Gasteiger partial charge in [0, 0.05) is 43.9 Å². The number of rotatable bonds is 6. The van der Waals surface area contributed by atoms with E-state index in [4.69, 9.17) is 9.72 Å². The van der Waals surface area contributed by atoms with Crippen LogP contribution in [0.3, 0.4) is 0 Å². The molecule has 0 unspecified atom stereocenters. The van der Waals surface area contributed by atoms with Gasteiger partial charge in [-0.3, -0.25) is 14.2 Å². The Bertz CT molecular complexity index is 1040. The Morgan fingerprint density at radius 1 is 1.26 bits per heavy atom. The molecule has 0 radical (unpaired) electrons. The van der Waals surface area contributed by atoms with Gasteiger partial charge in [0.1, 0.15) is 5.01 Å². The first kappa shape index (κ1) is 21.7. The maximum atomic E-state index is 12.4. The van der Waals surface area contributed by atoms with Crippen molar-refractivity contribution >= 4 is 17.2 Å². The maximum absolute atomic E-state index is 12.4. The summed E-state index contributed by atoms with van der Waals surface area (Å²) in [7, 11) is 1.90. The van der Waals surface area contributed by atoms with Crippen molar-refractivity contribution in [1.29, 1.82) is 0 Å². The van der Waals surface area contributed by atoms with Crippen molar-refractivity contribution in [3.63, 3.8) is 0 Å². The van der Waals surface area contributed by atoms with Crippen molar-refractivity contribution in [1.82, 2.24) is 29.9 Å². The van der Waals surface area contributed by atoms with Crippen molar-refractivity contribution in [2.24, 2.45) is 13.0 Å². The van der Waals surface area contributed by atoms with Gasteiger partial charge in [-0.2, -0.15) is 10.2 Å². The van der Waals surface area contributed by atoms with E-state index in [1.54, 1.807) is 16.0 Å². The molecule has 0 aromatic carbocycles. The highest BCUT2D eigenvalue weighted by Crippen LogP contribution is 2.36. The second-order valence-electron chi connectivity index (χ2n) is 9.07. The largest absolute Gasteiger partial charge is 0.381 e. The predicted molar refractivity (Wildman–Crippen MR) is 121 cm³/mol. The molecule has 166 valence electrons. The molecular weight excluding hydrogens is 412 g/mol. The molecule has 4 heterocycles. The van der Waals surface area contributed by atoms with E-state index in [9.17, 15) is 4.79 Å². The Morgan fingerprint density at radius 2 is 2.03 bits per heavy atom. The average molecular weight is 443 g/mol. The molecule has 3 aromatic rings. The second-order valence-corrected chi connectivity index (χ2v) is 9.93. The fourth-order valence-corrected chi connectivity index (χ4v) is 4.61. The monoisotopic (exact) mass is 442 g/mol. The SMILES string of the molecule is Cn1cc(-c2c(-c3nc(CC(=O)NCC4CCOCC4)cs3)cnn2C(C)(C)C)cn1. The van der Waals surface area contributed by atoms with Crippen LogP contribution < -0.4 is 5.32 Å². The number of carbonyl (C=O) groups excluding carboxylic acids is 1. The summed E-state index contributed by atoms with van der Waals surface area (Å²) >= 11 is 1.54. The van der Waals surface area contributed by atoms with Crippen LogP contribution in [-0.4, -0.2) is 50.2 Å². The average Bonchev–Trinajstić information content (AvgIpc) is 3.45. The third kappa shape index (κ3) is 5.04. The smallest absolute Gasteiger partial charge is 0.226 e. The van der Waals surface area contributed by atoms with Crippen molar-refractivity contribution in [2.45, 2.75) is 45.6 Å². The molecule has 1 aliphatic heterocycles. The van der Waals surface area contributed by atoms with E-state index in [0.29, 0.717) is 12.5 Å². The minimum Gasteiger partial charge on any atom is -0.381 e. The number of nitrogens with one attached hydrogen (secondary N) is 1. The number of nitrogens with zero attached hydrogens (tertiary/aromatic N) is 5. The molecular formula is C22H30N6O2S. The first-order valence-corrected chi connectivity index (χ1v) is 11.6. The lowest BCUT2D eigenvalue weighted by molar-refractivity contribution is -0.120. The van der Waals surface area contributed by atoms with Crippen LogP contribution >= 0.6 is 11.3 Å². The lowest BCUT2D eigenvalue weighted by Gasteiger charge is -2.22. The van der Waals surface area contributed by atoms with Gasteiger partial charge in [0.25, 0.3) is 0 Å². The summed E-state index contributed by atoms with van der Waals surface area (Å²) in [5, 5.41) is 14.9. The van der Waals surface area contributed by atoms with Crippen molar-refractivity contribution in [3.05, 3.63) is 29.7 Å². The van der Waals surface area contributed by atoms with Crippen molar-refractivity contribution < 1.29 is 9.53 Å². The summed E-state index contributed by atoms with van der Waals surface area (Å²) in [5.41, 5.74) is 3.54. The molecule has 1 aliphatic rings.